The lowest BCUT2D eigenvalue weighted by Gasteiger charge is -2.08. The normalized spacial score (nSPS) is 12.2. The Balaban J connectivity index is 2.60. The van der Waals surface area contributed by atoms with Gasteiger partial charge in [-0.1, -0.05) is 24.6 Å². The van der Waals surface area contributed by atoms with E-state index >= 15 is 0 Å². The molecule has 0 heterocycles. The lowest BCUT2D eigenvalue weighted by Crippen LogP contribution is -2.22. The molecule has 1 aromatic carbocycles. The molecule has 0 spiro atoms. The molecule has 14 heavy (non-hydrogen) atoms. The molecule has 3 heteroatoms. The highest BCUT2D eigenvalue weighted by atomic mass is 35.5. The van der Waals surface area contributed by atoms with Crippen molar-refractivity contribution in [2.75, 3.05) is 5.32 Å². The first-order valence-electron chi connectivity index (χ1n) is 4.65. The number of carbonyl (C=O) groups excluding carboxylic acids is 1. The number of nitrogens with one attached hydrogen (secondary N) is 1. The topological polar surface area (TPSA) is 29.1 Å². The molecule has 1 atom stereocenters. The zero-order chi connectivity index (χ0) is 10.6. The van der Waals surface area contributed by atoms with E-state index in [1.165, 1.54) is 5.56 Å². The third kappa shape index (κ3) is 3.04. The van der Waals surface area contributed by atoms with Crippen LogP contribution < -0.4 is 5.32 Å². The monoisotopic (exact) mass is 211 g/mol. The van der Waals surface area contributed by atoms with Crippen LogP contribution in [-0.2, 0) is 4.79 Å². The minimum absolute atomic E-state index is 0.141. The molecular weight excluding hydrogens is 198 g/mol. The minimum atomic E-state index is -0.448. The second-order valence-corrected chi connectivity index (χ2v) is 3.76. The molecule has 0 fully saturated rings. The first kappa shape index (κ1) is 11.1. The Labute approximate surface area is 89.3 Å². The predicted molar refractivity (Wildman–Crippen MR) is 59.7 cm³/mol. The van der Waals surface area contributed by atoms with Gasteiger partial charge in [-0.25, -0.2) is 0 Å². The number of anilines is 1. The van der Waals surface area contributed by atoms with E-state index in [1.54, 1.807) is 0 Å². The maximum Gasteiger partial charge on any atom is 0.242 e. The molecule has 0 aliphatic rings. The number of hydrogen-bond acceptors (Lipinski definition) is 1. The van der Waals surface area contributed by atoms with Crippen LogP contribution in [0.15, 0.2) is 24.3 Å². The van der Waals surface area contributed by atoms with Crippen molar-refractivity contribution in [3.8, 4) is 0 Å². The first-order chi connectivity index (χ1) is 6.63. The van der Waals surface area contributed by atoms with Gasteiger partial charge in [-0.2, -0.15) is 0 Å². The van der Waals surface area contributed by atoms with Crippen LogP contribution in [0, 0.1) is 6.92 Å². The summed E-state index contributed by atoms with van der Waals surface area (Å²) in [7, 11) is 0. The van der Waals surface area contributed by atoms with E-state index in [2.05, 4.69) is 5.32 Å². The summed E-state index contributed by atoms with van der Waals surface area (Å²) in [6, 6.07) is 7.63. The summed E-state index contributed by atoms with van der Waals surface area (Å²) in [6.07, 6.45) is 0.638. The molecule has 1 N–H and O–H groups in total. The fourth-order valence-corrected chi connectivity index (χ4v) is 1.10. The largest absolute Gasteiger partial charge is 0.325 e. The molecule has 0 saturated carbocycles. The molecule has 1 rings (SSSR count). The van der Waals surface area contributed by atoms with Gasteiger partial charge in [-0.3, -0.25) is 4.79 Å². The van der Waals surface area contributed by atoms with Crippen molar-refractivity contribution in [3.05, 3.63) is 29.8 Å². The summed E-state index contributed by atoms with van der Waals surface area (Å²) in [5, 5.41) is 2.30. The molecule has 0 aromatic heterocycles. The molecule has 0 aliphatic heterocycles. The first-order valence-corrected chi connectivity index (χ1v) is 5.08. The summed E-state index contributed by atoms with van der Waals surface area (Å²) >= 11 is 5.78. The highest BCUT2D eigenvalue weighted by Gasteiger charge is 2.12. The van der Waals surface area contributed by atoms with Crippen molar-refractivity contribution in [1.82, 2.24) is 0 Å². The van der Waals surface area contributed by atoms with Gasteiger partial charge in [0, 0.05) is 5.69 Å². The number of alkyl halides is 1. The van der Waals surface area contributed by atoms with E-state index in [9.17, 15) is 4.79 Å². The Hall–Kier alpha value is -1.02. The molecule has 1 unspecified atom stereocenters. The Kier molecular flexibility index (Phi) is 3.96. The van der Waals surface area contributed by atoms with Crippen molar-refractivity contribution in [1.29, 1.82) is 0 Å². The van der Waals surface area contributed by atoms with E-state index in [1.807, 2.05) is 38.1 Å². The van der Waals surface area contributed by atoms with Crippen LogP contribution in [0.3, 0.4) is 0 Å². The standard InChI is InChI=1S/C11H14ClNO/c1-3-10(12)11(14)13-9-6-4-8(2)5-7-9/h4-7,10H,3H2,1-2H3,(H,13,14). The molecule has 2 nitrogen and oxygen atoms in total. The van der Waals surface area contributed by atoms with E-state index in [-0.39, 0.29) is 5.91 Å². The number of benzene rings is 1. The maximum atomic E-state index is 11.4. The smallest absolute Gasteiger partial charge is 0.242 e. The predicted octanol–water partition coefficient (Wildman–Crippen LogP) is 2.95. The Morgan fingerprint density at radius 2 is 2.00 bits per heavy atom. The highest BCUT2D eigenvalue weighted by Crippen LogP contribution is 2.11. The Morgan fingerprint density at radius 1 is 1.43 bits per heavy atom. The van der Waals surface area contributed by atoms with Crippen LogP contribution in [0.1, 0.15) is 18.9 Å². The molecule has 76 valence electrons. The van der Waals surface area contributed by atoms with Gasteiger partial charge in [-0.15, -0.1) is 11.6 Å². The summed E-state index contributed by atoms with van der Waals surface area (Å²) in [5.74, 6) is -0.141. The molecular formula is C11H14ClNO. The molecule has 1 aromatic rings. The average molecular weight is 212 g/mol. The van der Waals surface area contributed by atoms with Crippen LogP contribution in [0.5, 0.6) is 0 Å². The summed E-state index contributed by atoms with van der Waals surface area (Å²) in [4.78, 5) is 11.4. The van der Waals surface area contributed by atoms with Gasteiger partial charge in [0.1, 0.15) is 5.38 Å². The number of amides is 1. The van der Waals surface area contributed by atoms with E-state index in [0.717, 1.165) is 5.69 Å². The van der Waals surface area contributed by atoms with Gasteiger partial charge in [0.2, 0.25) is 5.91 Å². The minimum Gasteiger partial charge on any atom is -0.325 e. The zero-order valence-corrected chi connectivity index (χ0v) is 9.14. The van der Waals surface area contributed by atoms with E-state index < -0.39 is 5.38 Å². The lowest BCUT2D eigenvalue weighted by atomic mass is 10.2. The summed E-state index contributed by atoms with van der Waals surface area (Å²) in [6.45, 7) is 3.88. The third-order valence-electron chi connectivity index (χ3n) is 1.96. The molecule has 0 saturated heterocycles. The maximum absolute atomic E-state index is 11.4. The Bertz CT molecular complexity index is 308. The fourth-order valence-electron chi connectivity index (χ4n) is 1.04. The second-order valence-electron chi connectivity index (χ2n) is 3.23. The number of halogens is 1. The summed E-state index contributed by atoms with van der Waals surface area (Å²) in [5.41, 5.74) is 1.96. The van der Waals surface area contributed by atoms with Crippen molar-refractivity contribution in [2.24, 2.45) is 0 Å². The lowest BCUT2D eigenvalue weighted by molar-refractivity contribution is -0.115. The van der Waals surface area contributed by atoms with Crippen LogP contribution >= 0.6 is 11.6 Å². The number of carbonyl (C=O) groups is 1. The van der Waals surface area contributed by atoms with Crippen LogP contribution in [0.25, 0.3) is 0 Å². The second kappa shape index (κ2) is 5.01. The third-order valence-corrected chi connectivity index (χ3v) is 2.47. The van der Waals surface area contributed by atoms with Crippen molar-refractivity contribution < 1.29 is 4.79 Å². The van der Waals surface area contributed by atoms with E-state index in [0.29, 0.717) is 6.42 Å². The van der Waals surface area contributed by atoms with Crippen LogP contribution in [-0.4, -0.2) is 11.3 Å². The average Bonchev–Trinajstić information content (AvgIpc) is 2.20. The van der Waals surface area contributed by atoms with Crippen molar-refractivity contribution in [2.45, 2.75) is 25.6 Å². The molecule has 0 bridgehead atoms. The van der Waals surface area contributed by atoms with E-state index in [4.69, 9.17) is 11.6 Å². The van der Waals surface area contributed by atoms with Gasteiger partial charge in [0.05, 0.1) is 0 Å². The number of aryl methyl sites for hydroxylation is 1. The summed E-state index contributed by atoms with van der Waals surface area (Å²) < 4.78 is 0. The molecule has 0 aliphatic carbocycles. The quantitative estimate of drug-likeness (QED) is 0.766. The van der Waals surface area contributed by atoms with Gasteiger partial charge in [0.25, 0.3) is 0 Å². The van der Waals surface area contributed by atoms with Gasteiger partial charge < -0.3 is 5.32 Å². The van der Waals surface area contributed by atoms with Crippen LogP contribution in [0.4, 0.5) is 5.69 Å². The Morgan fingerprint density at radius 3 is 2.50 bits per heavy atom. The van der Waals surface area contributed by atoms with Crippen LogP contribution in [0.2, 0.25) is 0 Å². The molecule has 0 radical (unpaired) electrons. The van der Waals surface area contributed by atoms with Crippen molar-refractivity contribution in [3.63, 3.8) is 0 Å². The SMILES string of the molecule is CCC(Cl)C(=O)Nc1ccc(C)cc1. The molecule has 1 amide bonds. The van der Waals surface area contributed by atoms with Gasteiger partial charge in [0.15, 0.2) is 0 Å². The highest BCUT2D eigenvalue weighted by molar-refractivity contribution is 6.32. The number of rotatable bonds is 3. The van der Waals surface area contributed by atoms with Crippen molar-refractivity contribution >= 4 is 23.2 Å². The zero-order valence-electron chi connectivity index (χ0n) is 8.38. The fraction of sp³-hybridized carbons (Fsp3) is 0.364. The van der Waals surface area contributed by atoms with Gasteiger partial charge >= 0.3 is 0 Å². The van der Waals surface area contributed by atoms with Gasteiger partial charge in [-0.05, 0) is 25.5 Å². The number of hydrogen-bond donors (Lipinski definition) is 1.